The lowest BCUT2D eigenvalue weighted by atomic mass is 9.80. The molecular formula is C30H32N4O6. The Kier molecular flexibility index (Phi) is 7.83. The van der Waals surface area contributed by atoms with Crippen LogP contribution >= 0.6 is 0 Å². The molecule has 1 aromatic heterocycles. The number of nitrogens with two attached hydrogens (primary N) is 1. The third-order valence-corrected chi connectivity index (χ3v) is 7.13. The van der Waals surface area contributed by atoms with Gasteiger partial charge in [-0.1, -0.05) is 54.6 Å². The number of nitrogen functional groups attached to an aromatic ring is 1. The summed E-state index contributed by atoms with van der Waals surface area (Å²) < 4.78 is 25.2. The van der Waals surface area contributed by atoms with Gasteiger partial charge >= 0.3 is 0 Å². The monoisotopic (exact) mass is 544 g/mol. The van der Waals surface area contributed by atoms with E-state index in [1.54, 1.807) is 21.1 Å². The van der Waals surface area contributed by atoms with Crippen LogP contribution in [0.25, 0.3) is 0 Å². The Balaban J connectivity index is 1.53. The van der Waals surface area contributed by atoms with Crippen LogP contribution < -0.4 is 20.8 Å². The fourth-order valence-corrected chi connectivity index (χ4v) is 5.00. The molecule has 0 bridgehead atoms. The summed E-state index contributed by atoms with van der Waals surface area (Å²) in [6.07, 6.45) is -2.07. The van der Waals surface area contributed by atoms with Crippen molar-refractivity contribution in [3.8, 4) is 11.5 Å². The molecule has 1 fully saturated rings. The smallest absolute Gasteiger partial charge is 0.296 e. The summed E-state index contributed by atoms with van der Waals surface area (Å²) in [6.45, 7) is 1.59. The molecule has 0 spiro atoms. The van der Waals surface area contributed by atoms with E-state index in [1.807, 2.05) is 78.9 Å². The van der Waals surface area contributed by atoms with Crippen LogP contribution in [-0.2, 0) is 15.1 Å². The van der Waals surface area contributed by atoms with Crippen LogP contribution in [0.15, 0.2) is 83.7 Å². The number of aliphatic hydroxyl groups excluding tert-OH is 1. The Hall–Kier alpha value is -4.25. The van der Waals surface area contributed by atoms with Crippen LogP contribution in [0.5, 0.6) is 11.5 Å². The maximum atomic E-state index is 11.8. The lowest BCUT2D eigenvalue weighted by molar-refractivity contribution is -0.0957. The van der Waals surface area contributed by atoms with E-state index in [0.29, 0.717) is 11.5 Å². The first kappa shape index (κ1) is 27.3. The second-order valence-electron chi connectivity index (χ2n) is 9.55. The fourth-order valence-electron chi connectivity index (χ4n) is 5.00. The van der Waals surface area contributed by atoms with Crippen molar-refractivity contribution >= 4 is 5.95 Å². The molecule has 208 valence electrons. The second kappa shape index (κ2) is 11.5. The first-order chi connectivity index (χ1) is 19.3. The van der Waals surface area contributed by atoms with Crippen molar-refractivity contribution in [1.82, 2.24) is 14.8 Å². The van der Waals surface area contributed by atoms with Crippen LogP contribution in [-0.4, -0.2) is 52.9 Å². The van der Waals surface area contributed by atoms with Gasteiger partial charge in [-0.3, -0.25) is 4.79 Å². The highest BCUT2D eigenvalue weighted by Gasteiger charge is 2.42. The minimum absolute atomic E-state index is 0.0388. The van der Waals surface area contributed by atoms with Gasteiger partial charge in [0.1, 0.15) is 28.9 Å². The molecule has 0 aliphatic carbocycles. The summed E-state index contributed by atoms with van der Waals surface area (Å²) in [5.74, 6) is 1.35. The molecule has 3 atom stereocenters. The molecule has 1 aliphatic rings. The van der Waals surface area contributed by atoms with E-state index in [1.165, 1.54) is 4.68 Å². The Morgan fingerprint density at radius 1 is 0.950 bits per heavy atom. The zero-order valence-electron chi connectivity index (χ0n) is 22.6. The Bertz CT molecular complexity index is 1440. The quantitative estimate of drug-likeness (QED) is 0.305. The van der Waals surface area contributed by atoms with E-state index >= 15 is 0 Å². The predicted molar refractivity (Wildman–Crippen MR) is 148 cm³/mol. The number of aliphatic hydroxyl groups is 1. The Labute approximate surface area is 231 Å². The van der Waals surface area contributed by atoms with E-state index < -0.39 is 29.6 Å². The number of ether oxygens (including phenoxy) is 4. The zero-order chi connectivity index (χ0) is 28.3. The number of nitrogens with zero attached hydrogens (tertiary/aromatic N) is 3. The summed E-state index contributed by atoms with van der Waals surface area (Å²) in [5.41, 5.74) is 7.19. The van der Waals surface area contributed by atoms with Crippen molar-refractivity contribution < 1.29 is 24.1 Å². The number of anilines is 1. The summed E-state index contributed by atoms with van der Waals surface area (Å²) in [7, 11) is 3.24. The summed E-state index contributed by atoms with van der Waals surface area (Å²) in [5, 5.41) is 15.2. The average molecular weight is 545 g/mol. The van der Waals surface area contributed by atoms with E-state index in [2.05, 4.69) is 10.1 Å². The van der Waals surface area contributed by atoms with Crippen molar-refractivity contribution in [2.45, 2.75) is 37.4 Å². The van der Waals surface area contributed by atoms with E-state index in [0.717, 1.165) is 16.7 Å². The Morgan fingerprint density at radius 3 is 2.05 bits per heavy atom. The van der Waals surface area contributed by atoms with Gasteiger partial charge < -0.3 is 29.8 Å². The van der Waals surface area contributed by atoms with Crippen LogP contribution in [0.3, 0.4) is 0 Å². The van der Waals surface area contributed by atoms with E-state index in [9.17, 15) is 9.90 Å². The van der Waals surface area contributed by atoms with Crippen molar-refractivity contribution in [3.63, 3.8) is 0 Å². The van der Waals surface area contributed by atoms with E-state index in [4.69, 9.17) is 24.7 Å². The molecule has 0 radical (unpaired) electrons. The molecule has 1 aliphatic heterocycles. The summed E-state index contributed by atoms with van der Waals surface area (Å²) in [4.78, 5) is 15.6. The molecule has 1 saturated heterocycles. The topological polar surface area (TPSA) is 131 Å². The van der Waals surface area contributed by atoms with Gasteiger partial charge in [-0.05, 0) is 47.9 Å². The molecule has 0 amide bonds. The number of rotatable bonds is 9. The highest BCUT2D eigenvalue weighted by atomic mass is 16.6. The normalized spacial score (nSPS) is 18.9. The standard InChI is InChI=1S/C30H32N4O6/c1-19-28(36)32-29(31)34(33-19)27-17-25(35)26(40-27)18-39-30(20-7-5-4-6-8-20,21-9-13-23(37-2)14-10-21)22-11-15-24(38-3)16-12-22/h4-16,25-27,35H,17-18H2,1-3H3,(H2,31,32,36)/t25-,26+,27+/m0/s1. The van der Waals surface area contributed by atoms with Gasteiger partial charge in [0.05, 0.1) is 26.9 Å². The highest BCUT2D eigenvalue weighted by Crippen LogP contribution is 2.42. The highest BCUT2D eigenvalue weighted by molar-refractivity contribution is 5.49. The first-order valence-corrected chi connectivity index (χ1v) is 12.9. The number of aryl methyl sites for hydroxylation is 1. The first-order valence-electron chi connectivity index (χ1n) is 12.9. The summed E-state index contributed by atoms with van der Waals surface area (Å²) in [6, 6.07) is 25.3. The largest absolute Gasteiger partial charge is 0.497 e. The third-order valence-electron chi connectivity index (χ3n) is 7.13. The van der Waals surface area contributed by atoms with Crippen LogP contribution in [0.1, 0.15) is 35.0 Å². The van der Waals surface area contributed by atoms with Crippen LogP contribution in [0, 0.1) is 6.92 Å². The number of hydrogen-bond acceptors (Lipinski definition) is 9. The number of aromatic nitrogens is 3. The molecule has 4 aromatic rings. The van der Waals surface area contributed by atoms with Gasteiger partial charge in [-0.15, -0.1) is 0 Å². The number of methoxy groups -OCH3 is 2. The lowest BCUT2D eigenvalue weighted by Gasteiger charge is -2.37. The molecule has 10 nitrogen and oxygen atoms in total. The van der Waals surface area contributed by atoms with Crippen molar-refractivity contribution in [2.24, 2.45) is 0 Å². The van der Waals surface area contributed by atoms with Crippen molar-refractivity contribution in [3.05, 3.63) is 112 Å². The van der Waals surface area contributed by atoms with Crippen molar-refractivity contribution in [2.75, 3.05) is 26.6 Å². The maximum absolute atomic E-state index is 11.8. The molecule has 2 heterocycles. The number of hydrogen-bond donors (Lipinski definition) is 2. The lowest BCUT2D eigenvalue weighted by Crippen LogP contribution is -2.38. The van der Waals surface area contributed by atoms with Crippen molar-refractivity contribution in [1.29, 1.82) is 0 Å². The van der Waals surface area contributed by atoms with Gasteiger partial charge in [0.2, 0.25) is 5.95 Å². The molecule has 3 aromatic carbocycles. The molecule has 0 saturated carbocycles. The molecule has 10 heteroatoms. The Morgan fingerprint density at radius 2 is 1.50 bits per heavy atom. The second-order valence-corrected chi connectivity index (χ2v) is 9.55. The number of benzene rings is 3. The zero-order valence-corrected chi connectivity index (χ0v) is 22.6. The molecule has 40 heavy (non-hydrogen) atoms. The fraction of sp³-hybridized carbons (Fsp3) is 0.300. The third kappa shape index (κ3) is 5.16. The summed E-state index contributed by atoms with van der Waals surface area (Å²) >= 11 is 0. The van der Waals surface area contributed by atoms with Gasteiger partial charge in [-0.2, -0.15) is 10.1 Å². The maximum Gasteiger partial charge on any atom is 0.296 e. The van der Waals surface area contributed by atoms with Gasteiger partial charge in [0.15, 0.2) is 6.23 Å². The van der Waals surface area contributed by atoms with Crippen LogP contribution in [0.2, 0.25) is 0 Å². The van der Waals surface area contributed by atoms with Crippen LogP contribution in [0.4, 0.5) is 5.95 Å². The van der Waals surface area contributed by atoms with Gasteiger partial charge in [0, 0.05) is 6.42 Å². The molecule has 5 rings (SSSR count). The molecule has 0 unspecified atom stereocenters. The molecular weight excluding hydrogens is 512 g/mol. The van der Waals surface area contributed by atoms with Gasteiger partial charge in [-0.25, -0.2) is 4.68 Å². The minimum Gasteiger partial charge on any atom is -0.497 e. The predicted octanol–water partition coefficient (Wildman–Crippen LogP) is 3.20. The van der Waals surface area contributed by atoms with Gasteiger partial charge in [0.25, 0.3) is 5.56 Å². The minimum atomic E-state index is -1.06. The molecule has 3 N–H and O–H groups in total. The SMILES string of the molecule is COc1ccc(C(OC[C@H]2O[C@@H](n3nc(C)c(=O)nc3N)C[C@@H]2O)(c2ccccc2)c2ccc(OC)cc2)cc1. The average Bonchev–Trinajstić information content (AvgIpc) is 3.36. The van der Waals surface area contributed by atoms with E-state index in [-0.39, 0.29) is 24.7 Å².